The Kier molecular flexibility index (Phi) is 5.65. The average molecular weight is 280 g/mol. The molecule has 1 aromatic carbocycles. The van der Waals surface area contributed by atoms with Gasteiger partial charge in [-0.2, -0.15) is 5.26 Å². The number of halogens is 1. The van der Waals surface area contributed by atoms with Gasteiger partial charge in [-0.3, -0.25) is 4.79 Å². The summed E-state index contributed by atoms with van der Waals surface area (Å²) in [7, 11) is 0. The first-order valence-electron chi connectivity index (χ1n) is 6.21. The van der Waals surface area contributed by atoms with Gasteiger partial charge in [0.25, 0.3) is 0 Å². The zero-order valence-corrected chi connectivity index (χ0v) is 12.2. The fraction of sp³-hybridized carbons (Fsp3) is 0.429. The number of nitrogens with one attached hydrogen (secondary N) is 1. The molecule has 0 radical (unpaired) electrons. The van der Waals surface area contributed by atoms with Gasteiger partial charge in [0.2, 0.25) is 5.91 Å². The molecule has 19 heavy (non-hydrogen) atoms. The molecule has 0 atom stereocenters. The first-order chi connectivity index (χ1) is 8.97. The topological polar surface area (TPSA) is 56.1 Å². The number of amides is 1. The number of carbonyl (C=O) groups is 1. The monoisotopic (exact) mass is 279 g/mol. The predicted molar refractivity (Wildman–Crippen MR) is 77.3 cm³/mol. The predicted octanol–water partition coefficient (Wildman–Crippen LogP) is 2.56. The van der Waals surface area contributed by atoms with Gasteiger partial charge in [0.1, 0.15) is 0 Å². The third-order valence-corrected chi connectivity index (χ3v) is 2.89. The maximum atomic E-state index is 11.8. The SMILES string of the molecule is CCN(CC(=O)NC(C)C)c1ccc(C#N)cc1Cl. The number of carbonyl (C=O) groups excluding carboxylic acids is 1. The molecule has 5 heteroatoms. The molecule has 4 nitrogen and oxygen atoms in total. The fourth-order valence-electron chi connectivity index (χ4n) is 1.74. The van der Waals surface area contributed by atoms with Gasteiger partial charge in [-0.25, -0.2) is 0 Å². The first kappa shape index (κ1) is 15.3. The van der Waals surface area contributed by atoms with E-state index in [0.717, 1.165) is 5.69 Å². The van der Waals surface area contributed by atoms with Crippen LogP contribution in [-0.2, 0) is 4.79 Å². The molecule has 0 aliphatic carbocycles. The Morgan fingerprint density at radius 1 is 1.53 bits per heavy atom. The maximum Gasteiger partial charge on any atom is 0.239 e. The molecule has 1 amide bonds. The van der Waals surface area contributed by atoms with Crippen LogP contribution in [0.15, 0.2) is 18.2 Å². The Labute approximate surface area is 119 Å². The minimum atomic E-state index is -0.0442. The number of anilines is 1. The lowest BCUT2D eigenvalue weighted by Gasteiger charge is -2.24. The summed E-state index contributed by atoms with van der Waals surface area (Å²) in [6.07, 6.45) is 0. The van der Waals surface area contributed by atoms with E-state index in [9.17, 15) is 4.79 Å². The molecule has 0 fully saturated rings. The van der Waals surface area contributed by atoms with Gasteiger partial charge in [-0.15, -0.1) is 0 Å². The van der Waals surface area contributed by atoms with Crippen LogP contribution in [-0.4, -0.2) is 25.0 Å². The summed E-state index contributed by atoms with van der Waals surface area (Å²) in [6, 6.07) is 7.23. The summed E-state index contributed by atoms with van der Waals surface area (Å²) in [4.78, 5) is 13.7. The number of nitrogens with zero attached hydrogens (tertiary/aromatic N) is 2. The van der Waals surface area contributed by atoms with Crippen LogP contribution in [0.3, 0.4) is 0 Å². The minimum absolute atomic E-state index is 0.0442. The van der Waals surface area contributed by atoms with Gasteiger partial charge < -0.3 is 10.2 Å². The Morgan fingerprint density at radius 2 is 2.21 bits per heavy atom. The second kappa shape index (κ2) is 7.01. The second-order valence-corrected chi connectivity index (χ2v) is 4.92. The number of benzene rings is 1. The molecule has 0 aliphatic rings. The van der Waals surface area contributed by atoms with Gasteiger partial charge in [-0.05, 0) is 39.0 Å². The molecule has 1 aromatic rings. The van der Waals surface area contributed by atoms with Crippen molar-refractivity contribution in [1.82, 2.24) is 5.32 Å². The molecule has 0 spiro atoms. The Morgan fingerprint density at radius 3 is 2.68 bits per heavy atom. The second-order valence-electron chi connectivity index (χ2n) is 4.51. The van der Waals surface area contributed by atoms with Crippen LogP contribution >= 0.6 is 11.6 Å². The van der Waals surface area contributed by atoms with E-state index in [4.69, 9.17) is 16.9 Å². The van der Waals surface area contributed by atoms with Crippen molar-refractivity contribution in [1.29, 1.82) is 5.26 Å². The highest BCUT2D eigenvalue weighted by atomic mass is 35.5. The lowest BCUT2D eigenvalue weighted by atomic mass is 10.2. The molecule has 0 saturated heterocycles. The van der Waals surface area contributed by atoms with Crippen molar-refractivity contribution in [2.45, 2.75) is 26.8 Å². The zero-order valence-electron chi connectivity index (χ0n) is 11.4. The van der Waals surface area contributed by atoms with E-state index >= 15 is 0 Å². The molecule has 1 N–H and O–H groups in total. The van der Waals surface area contributed by atoms with Crippen molar-refractivity contribution < 1.29 is 4.79 Å². The maximum absolute atomic E-state index is 11.8. The number of hydrogen-bond acceptors (Lipinski definition) is 3. The van der Waals surface area contributed by atoms with Crippen LogP contribution in [0.1, 0.15) is 26.3 Å². The number of rotatable bonds is 5. The van der Waals surface area contributed by atoms with E-state index in [-0.39, 0.29) is 18.5 Å². The summed E-state index contributed by atoms with van der Waals surface area (Å²) >= 11 is 6.15. The van der Waals surface area contributed by atoms with Gasteiger partial charge in [-0.1, -0.05) is 11.6 Å². The van der Waals surface area contributed by atoms with E-state index in [1.54, 1.807) is 18.2 Å². The highest BCUT2D eigenvalue weighted by molar-refractivity contribution is 6.33. The molecule has 0 bridgehead atoms. The molecule has 1 rings (SSSR count). The molecule has 102 valence electrons. The molecule has 0 unspecified atom stereocenters. The Hall–Kier alpha value is -1.73. The average Bonchev–Trinajstić information content (AvgIpc) is 2.35. The first-order valence-corrected chi connectivity index (χ1v) is 6.59. The van der Waals surface area contributed by atoms with Crippen molar-refractivity contribution in [3.8, 4) is 6.07 Å². The van der Waals surface area contributed by atoms with Gasteiger partial charge in [0, 0.05) is 12.6 Å². The van der Waals surface area contributed by atoms with Crippen LogP contribution < -0.4 is 10.2 Å². The van der Waals surface area contributed by atoms with E-state index in [0.29, 0.717) is 17.1 Å². The molecule has 0 saturated carbocycles. The third-order valence-electron chi connectivity index (χ3n) is 2.58. The van der Waals surface area contributed by atoms with Crippen LogP contribution in [0.4, 0.5) is 5.69 Å². The van der Waals surface area contributed by atoms with Gasteiger partial charge in [0.05, 0.1) is 28.9 Å². The molecular formula is C14H18ClN3O. The smallest absolute Gasteiger partial charge is 0.239 e. The Bertz CT molecular complexity index is 494. The van der Waals surface area contributed by atoms with E-state index in [1.165, 1.54) is 0 Å². The summed E-state index contributed by atoms with van der Waals surface area (Å²) < 4.78 is 0. The summed E-state index contributed by atoms with van der Waals surface area (Å²) in [6.45, 7) is 6.71. The summed E-state index contributed by atoms with van der Waals surface area (Å²) in [5, 5.41) is 12.1. The summed E-state index contributed by atoms with van der Waals surface area (Å²) in [5.41, 5.74) is 1.28. The molecule has 0 aromatic heterocycles. The minimum Gasteiger partial charge on any atom is -0.361 e. The molecule has 0 heterocycles. The quantitative estimate of drug-likeness (QED) is 0.901. The van der Waals surface area contributed by atoms with Crippen molar-refractivity contribution >= 4 is 23.2 Å². The standard InChI is InChI=1S/C14H18ClN3O/c1-4-18(9-14(19)17-10(2)3)13-6-5-11(8-16)7-12(13)15/h5-7,10H,4,9H2,1-3H3,(H,17,19). The summed E-state index contributed by atoms with van der Waals surface area (Å²) in [5.74, 6) is -0.0442. The van der Waals surface area contributed by atoms with Crippen molar-refractivity contribution in [2.75, 3.05) is 18.0 Å². The van der Waals surface area contributed by atoms with Gasteiger partial charge >= 0.3 is 0 Å². The highest BCUT2D eigenvalue weighted by Gasteiger charge is 2.13. The van der Waals surface area contributed by atoms with Crippen LogP contribution in [0, 0.1) is 11.3 Å². The Balaban J connectivity index is 2.86. The number of likely N-dealkylation sites (N-methyl/N-ethyl adjacent to an activating group) is 1. The van der Waals surface area contributed by atoms with Gasteiger partial charge in [0.15, 0.2) is 0 Å². The molecular weight excluding hydrogens is 262 g/mol. The van der Waals surface area contributed by atoms with Crippen LogP contribution in [0.5, 0.6) is 0 Å². The lowest BCUT2D eigenvalue weighted by molar-refractivity contribution is -0.120. The van der Waals surface area contributed by atoms with Crippen molar-refractivity contribution in [2.24, 2.45) is 0 Å². The lowest BCUT2D eigenvalue weighted by Crippen LogP contribution is -2.40. The fourth-order valence-corrected chi connectivity index (χ4v) is 2.04. The zero-order chi connectivity index (χ0) is 14.4. The van der Waals surface area contributed by atoms with E-state index in [2.05, 4.69) is 5.32 Å². The van der Waals surface area contributed by atoms with E-state index in [1.807, 2.05) is 31.7 Å². The van der Waals surface area contributed by atoms with Crippen molar-refractivity contribution in [3.63, 3.8) is 0 Å². The number of hydrogen-bond donors (Lipinski definition) is 1. The normalized spacial score (nSPS) is 10.1. The highest BCUT2D eigenvalue weighted by Crippen LogP contribution is 2.26. The largest absolute Gasteiger partial charge is 0.361 e. The third kappa shape index (κ3) is 4.46. The van der Waals surface area contributed by atoms with Crippen molar-refractivity contribution in [3.05, 3.63) is 28.8 Å². The molecule has 0 aliphatic heterocycles. The van der Waals surface area contributed by atoms with Crippen LogP contribution in [0.25, 0.3) is 0 Å². The number of nitriles is 1. The van der Waals surface area contributed by atoms with Crippen LogP contribution in [0.2, 0.25) is 5.02 Å². The van der Waals surface area contributed by atoms with E-state index < -0.39 is 0 Å².